The van der Waals surface area contributed by atoms with Crippen LogP contribution in [0.4, 0.5) is 11.6 Å². The molecule has 0 spiro atoms. The van der Waals surface area contributed by atoms with Crippen molar-refractivity contribution in [3.8, 4) is 0 Å². The van der Waals surface area contributed by atoms with Crippen molar-refractivity contribution in [1.82, 2.24) is 19.6 Å². The molecule has 0 aromatic carbocycles. The third-order valence-electron chi connectivity index (χ3n) is 6.65. The zero-order valence-electron chi connectivity index (χ0n) is 20.6. The molecule has 2 aromatic rings. The summed E-state index contributed by atoms with van der Waals surface area (Å²) in [5, 5.41) is 12.9. The normalized spacial score (nSPS) is 20.3. The first-order valence-corrected chi connectivity index (χ1v) is 14.2. The highest BCUT2D eigenvalue weighted by atomic mass is 28.4. The van der Waals surface area contributed by atoms with E-state index in [4.69, 9.17) is 9.52 Å². The summed E-state index contributed by atoms with van der Waals surface area (Å²) in [6.45, 7) is 18.0. The molecule has 0 aliphatic heterocycles. The van der Waals surface area contributed by atoms with Gasteiger partial charge in [0, 0.05) is 31.2 Å². The summed E-state index contributed by atoms with van der Waals surface area (Å²) in [4.78, 5) is 11.7. The second kappa shape index (κ2) is 8.20. The molecule has 31 heavy (non-hydrogen) atoms. The lowest BCUT2D eigenvalue weighted by Crippen LogP contribution is -2.43. The van der Waals surface area contributed by atoms with E-state index in [0.717, 1.165) is 30.8 Å². The van der Waals surface area contributed by atoms with E-state index < -0.39 is 8.32 Å². The van der Waals surface area contributed by atoms with Gasteiger partial charge < -0.3 is 9.74 Å². The summed E-state index contributed by atoms with van der Waals surface area (Å²) < 4.78 is 10.0. The molecule has 1 N–H and O–H groups in total. The minimum Gasteiger partial charge on any atom is -0.414 e. The topological polar surface area (TPSA) is 74.0 Å². The average molecular weight is 446 g/mol. The molecule has 1 aliphatic rings. The molecule has 2 atom stereocenters. The lowest BCUT2D eigenvalue weighted by Gasteiger charge is -2.38. The van der Waals surface area contributed by atoms with Crippen LogP contribution in [0.5, 0.6) is 0 Å². The monoisotopic (exact) mass is 445 g/mol. The van der Waals surface area contributed by atoms with Crippen LogP contribution in [0.2, 0.25) is 18.1 Å². The molecule has 0 unspecified atom stereocenters. The van der Waals surface area contributed by atoms with Crippen molar-refractivity contribution in [3.05, 3.63) is 34.2 Å². The Hall–Kier alpha value is -1.93. The molecule has 3 rings (SSSR count). The van der Waals surface area contributed by atoms with Crippen molar-refractivity contribution in [2.75, 3.05) is 5.32 Å². The van der Waals surface area contributed by atoms with E-state index in [1.807, 2.05) is 4.68 Å². The Bertz CT molecular complexity index is 981. The highest BCUT2D eigenvalue weighted by molar-refractivity contribution is 6.74. The minimum atomic E-state index is -1.77. The molecular formula is C23H39N5O2Si. The first-order chi connectivity index (χ1) is 14.2. The number of nitrogens with one attached hydrogen (secondary N) is 1. The molecule has 2 heterocycles. The van der Waals surface area contributed by atoms with Crippen LogP contribution in [0.15, 0.2) is 23.0 Å². The lowest BCUT2D eigenvalue weighted by molar-refractivity contribution is 0.186. The van der Waals surface area contributed by atoms with Crippen molar-refractivity contribution in [2.45, 2.75) is 96.5 Å². The Balaban J connectivity index is 1.81. The van der Waals surface area contributed by atoms with Crippen LogP contribution in [0.3, 0.4) is 0 Å². The van der Waals surface area contributed by atoms with E-state index in [0.29, 0.717) is 17.8 Å². The van der Waals surface area contributed by atoms with Crippen molar-refractivity contribution >= 4 is 20.0 Å². The molecule has 7 nitrogen and oxygen atoms in total. The first-order valence-electron chi connectivity index (χ1n) is 11.3. The van der Waals surface area contributed by atoms with Crippen molar-refractivity contribution in [3.63, 3.8) is 0 Å². The standard InChI is InChI=1S/C23H39N5O2Si/c1-22(2,3)28-20(24-19-12-13-21(29)27(7)26-19)15-18(25-28)16-10-11-17(14-16)30-31(8,9)23(4,5)6/h12-13,15-17H,10-11,14H2,1-9H3,(H,24,26)/t16-,17+/m0/s1. The third-order valence-corrected chi connectivity index (χ3v) is 11.2. The van der Waals surface area contributed by atoms with Gasteiger partial charge in [-0.05, 0) is 64.2 Å². The molecule has 0 bridgehead atoms. The summed E-state index contributed by atoms with van der Waals surface area (Å²) in [7, 11) is -0.117. The van der Waals surface area contributed by atoms with E-state index in [1.54, 1.807) is 13.1 Å². The molecule has 1 aliphatic carbocycles. The van der Waals surface area contributed by atoms with Gasteiger partial charge in [0.2, 0.25) is 0 Å². The van der Waals surface area contributed by atoms with Gasteiger partial charge in [0.1, 0.15) is 5.82 Å². The number of aromatic nitrogens is 4. The van der Waals surface area contributed by atoms with Gasteiger partial charge in [-0.25, -0.2) is 9.36 Å². The zero-order valence-corrected chi connectivity index (χ0v) is 21.6. The summed E-state index contributed by atoms with van der Waals surface area (Å²) in [5.74, 6) is 1.92. The van der Waals surface area contributed by atoms with Gasteiger partial charge in [0.05, 0.1) is 11.2 Å². The Kier molecular flexibility index (Phi) is 6.28. The fourth-order valence-corrected chi connectivity index (χ4v) is 5.21. The van der Waals surface area contributed by atoms with Crippen LogP contribution in [-0.4, -0.2) is 34.0 Å². The Morgan fingerprint density at radius 2 is 1.77 bits per heavy atom. The number of aryl methyl sites for hydroxylation is 1. The van der Waals surface area contributed by atoms with Gasteiger partial charge in [-0.2, -0.15) is 10.2 Å². The Morgan fingerprint density at radius 1 is 1.10 bits per heavy atom. The molecule has 0 saturated heterocycles. The van der Waals surface area contributed by atoms with E-state index >= 15 is 0 Å². The highest BCUT2D eigenvalue weighted by Gasteiger charge is 2.41. The van der Waals surface area contributed by atoms with Crippen molar-refractivity contribution in [2.24, 2.45) is 7.05 Å². The largest absolute Gasteiger partial charge is 0.414 e. The number of anilines is 2. The molecule has 8 heteroatoms. The van der Waals surface area contributed by atoms with Gasteiger partial charge in [-0.3, -0.25) is 4.79 Å². The van der Waals surface area contributed by atoms with Crippen molar-refractivity contribution in [1.29, 1.82) is 0 Å². The number of nitrogens with zero attached hydrogens (tertiary/aromatic N) is 4. The maximum Gasteiger partial charge on any atom is 0.266 e. The second-order valence-electron chi connectivity index (χ2n) is 11.4. The van der Waals surface area contributed by atoms with E-state index in [2.05, 4.69) is 71.1 Å². The van der Waals surface area contributed by atoms with Crippen LogP contribution < -0.4 is 10.9 Å². The summed E-state index contributed by atoms with van der Waals surface area (Å²) in [6.07, 6.45) is 3.51. The van der Waals surface area contributed by atoms with E-state index in [-0.39, 0.29) is 16.1 Å². The molecule has 0 amide bonds. The minimum absolute atomic E-state index is 0.130. The smallest absolute Gasteiger partial charge is 0.266 e. The van der Waals surface area contributed by atoms with Crippen LogP contribution in [0.1, 0.15) is 72.4 Å². The van der Waals surface area contributed by atoms with Gasteiger partial charge in [0.25, 0.3) is 5.56 Å². The molecule has 1 saturated carbocycles. The highest BCUT2D eigenvalue weighted by Crippen LogP contribution is 2.43. The Labute approximate surface area is 187 Å². The number of hydrogen-bond donors (Lipinski definition) is 1. The lowest BCUT2D eigenvalue weighted by atomic mass is 10.0. The first kappa shape index (κ1) is 23.7. The van der Waals surface area contributed by atoms with E-state index in [1.165, 1.54) is 10.7 Å². The van der Waals surface area contributed by atoms with E-state index in [9.17, 15) is 4.79 Å². The maximum absolute atomic E-state index is 11.7. The van der Waals surface area contributed by atoms with Crippen LogP contribution >= 0.6 is 0 Å². The fourth-order valence-electron chi connectivity index (χ4n) is 3.81. The molecule has 0 radical (unpaired) electrons. The fraction of sp³-hybridized carbons (Fsp3) is 0.696. The predicted molar refractivity (Wildman–Crippen MR) is 129 cm³/mol. The van der Waals surface area contributed by atoms with Gasteiger partial charge in [-0.15, -0.1) is 0 Å². The van der Waals surface area contributed by atoms with Crippen LogP contribution in [0, 0.1) is 0 Å². The Morgan fingerprint density at radius 3 is 2.35 bits per heavy atom. The van der Waals surface area contributed by atoms with Gasteiger partial charge in [0.15, 0.2) is 14.1 Å². The predicted octanol–water partition coefficient (Wildman–Crippen LogP) is 5.13. The molecule has 2 aromatic heterocycles. The maximum atomic E-state index is 11.7. The SMILES string of the molecule is Cn1nc(Nc2cc([C@H]3CC[C@@H](O[Si](C)(C)C(C)(C)C)C3)nn2C(C)(C)C)ccc1=O. The third kappa shape index (κ3) is 5.29. The van der Waals surface area contributed by atoms with Crippen molar-refractivity contribution < 1.29 is 4.43 Å². The quantitative estimate of drug-likeness (QED) is 0.646. The molecule has 172 valence electrons. The van der Waals surface area contributed by atoms with Crippen LogP contribution in [-0.2, 0) is 17.0 Å². The molecular weight excluding hydrogens is 406 g/mol. The van der Waals surface area contributed by atoms with Crippen LogP contribution in [0.25, 0.3) is 0 Å². The zero-order chi connectivity index (χ0) is 23.2. The van der Waals surface area contributed by atoms with Gasteiger partial charge >= 0.3 is 0 Å². The second-order valence-corrected chi connectivity index (χ2v) is 16.1. The summed E-state index contributed by atoms with van der Waals surface area (Å²) >= 11 is 0. The number of hydrogen-bond acceptors (Lipinski definition) is 5. The summed E-state index contributed by atoms with van der Waals surface area (Å²) in [6, 6.07) is 5.37. The number of rotatable bonds is 5. The average Bonchev–Trinajstić information content (AvgIpc) is 3.23. The summed E-state index contributed by atoms with van der Waals surface area (Å²) in [5.41, 5.74) is 0.787. The van der Waals surface area contributed by atoms with Gasteiger partial charge in [-0.1, -0.05) is 20.8 Å². The molecule has 1 fully saturated rings.